The maximum absolute atomic E-state index is 9.94. The Kier molecular flexibility index (Phi) is 4.36. The molecular weight excluding hydrogens is 103 g/mol. The van der Waals surface area contributed by atoms with Crippen molar-refractivity contribution in [3.63, 3.8) is 0 Å². The summed E-state index contributed by atoms with van der Waals surface area (Å²) in [6.45, 7) is 1.16. The van der Waals surface area contributed by atoms with Crippen molar-refractivity contribution < 1.29 is 4.79 Å². The van der Waals surface area contributed by atoms with Gasteiger partial charge in [-0.2, -0.15) is 0 Å². The van der Waals surface area contributed by atoms with Crippen LogP contribution in [0.25, 0.3) is 0 Å². The van der Waals surface area contributed by atoms with Crippen LogP contribution in [0.4, 0.5) is 4.79 Å². The Bertz CT molecular complexity index is 76.4. The second-order valence-electron chi connectivity index (χ2n) is 1.43. The van der Waals surface area contributed by atoms with Gasteiger partial charge < -0.3 is 11.1 Å². The molecule has 0 aromatic heterocycles. The molecule has 1 amide bonds. The minimum atomic E-state index is -0.488. The summed E-state index contributed by atoms with van der Waals surface area (Å²) in [6, 6.07) is 0. The predicted molar refractivity (Wildman–Crippen MR) is 32.8 cm³/mol. The monoisotopic (exact) mass is 112 g/mol. The van der Waals surface area contributed by atoms with Crippen LogP contribution in [-0.4, -0.2) is 26.7 Å². The molecule has 0 spiro atoms. The molecule has 0 aliphatic heterocycles. The van der Waals surface area contributed by atoms with Gasteiger partial charge in [0.2, 0.25) is 0 Å². The maximum atomic E-state index is 9.94. The van der Waals surface area contributed by atoms with E-state index in [4.69, 9.17) is 13.6 Å². The van der Waals surface area contributed by atoms with E-state index in [1.807, 2.05) is 0 Å². The van der Waals surface area contributed by atoms with Crippen molar-refractivity contribution in [3.8, 4) is 0 Å². The molecule has 0 fully saturated rings. The summed E-state index contributed by atoms with van der Waals surface area (Å²) < 4.78 is 0. The fraction of sp³-hybridized carbons (Fsp3) is 0.750. The van der Waals surface area contributed by atoms with Gasteiger partial charge in [-0.1, -0.05) is 0 Å². The molecule has 0 saturated heterocycles. The zero-order valence-corrected chi connectivity index (χ0v) is 4.68. The van der Waals surface area contributed by atoms with Gasteiger partial charge in [0.15, 0.2) is 13.7 Å². The van der Waals surface area contributed by atoms with E-state index < -0.39 is 5.81 Å². The lowest BCUT2D eigenvalue weighted by Gasteiger charge is -1.97. The van der Waals surface area contributed by atoms with E-state index in [2.05, 4.69) is 5.32 Å². The van der Waals surface area contributed by atoms with Gasteiger partial charge in [0.05, 0.1) is 0 Å². The first-order valence-electron chi connectivity index (χ1n) is 2.50. The van der Waals surface area contributed by atoms with Gasteiger partial charge in [-0.25, -0.2) is 0 Å². The lowest BCUT2D eigenvalue weighted by molar-refractivity contribution is 0.259. The van der Waals surface area contributed by atoms with E-state index in [0.29, 0.717) is 13.1 Å². The van der Waals surface area contributed by atoms with Crippen molar-refractivity contribution in [3.05, 3.63) is 0 Å². The smallest absolute Gasteiger partial charge is 0.200 e. The molecule has 2 radical (unpaired) electrons. The van der Waals surface area contributed by atoms with Gasteiger partial charge in [-0.05, 0) is 13.0 Å². The Balaban J connectivity index is 2.82. The van der Waals surface area contributed by atoms with Crippen LogP contribution in [0.3, 0.4) is 0 Å². The van der Waals surface area contributed by atoms with Crippen molar-refractivity contribution in [2.45, 2.75) is 6.42 Å². The molecule has 0 heterocycles. The maximum Gasteiger partial charge on any atom is 0.200 e. The van der Waals surface area contributed by atoms with Crippen molar-refractivity contribution in [1.82, 2.24) is 5.32 Å². The zero-order valence-electron chi connectivity index (χ0n) is 4.68. The number of nitrogens with one attached hydrogen (secondary N) is 1. The molecule has 0 bridgehead atoms. The lowest BCUT2D eigenvalue weighted by atomic mass is 10.1. The fourth-order valence-corrected chi connectivity index (χ4v) is 0.314. The highest BCUT2D eigenvalue weighted by Crippen LogP contribution is 1.67. The Morgan fingerprint density at radius 1 is 1.75 bits per heavy atom. The van der Waals surface area contributed by atoms with Gasteiger partial charge in [0.25, 0.3) is 0 Å². The topological polar surface area (TPSA) is 55.1 Å². The Morgan fingerprint density at radius 3 is 2.75 bits per heavy atom. The SMILES string of the molecule is [B]C(=O)NCCCN. The van der Waals surface area contributed by atoms with Crippen LogP contribution in [0, 0.1) is 0 Å². The van der Waals surface area contributed by atoms with Crippen molar-refractivity contribution >= 4 is 13.7 Å². The quantitative estimate of drug-likeness (QED) is 0.371. The molecule has 3 nitrogen and oxygen atoms in total. The fourth-order valence-electron chi connectivity index (χ4n) is 0.314. The summed E-state index contributed by atoms with van der Waals surface area (Å²) in [5, 5.41) is 2.41. The number of hydrogen-bond donors (Lipinski definition) is 2. The third-order valence-electron chi connectivity index (χ3n) is 0.680. The first-order valence-corrected chi connectivity index (χ1v) is 2.50. The molecular formula is C4H9BN2O. The van der Waals surface area contributed by atoms with Gasteiger partial charge in [0, 0.05) is 6.54 Å². The van der Waals surface area contributed by atoms with Crippen molar-refractivity contribution in [2.75, 3.05) is 13.1 Å². The zero-order chi connectivity index (χ0) is 6.41. The van der Waals surface area contributed by atoms with Gasteiger partial charge >= 0.3 is 0 Å². The summed E-state index contributed by atoms with van der Waals surface area (Å²) in [5.41, 5.74) is 5.12. The molecule has 0 aromatic rings. The van der Waals surface area contributed by atoms with Gasteiger partial charge in [-0.15, -0.1) is 0 Å². The highest BCUT2D eigenvalue weighted by atomic mass is 16.1. The number of carbonyl (C=O) groups excluding carboxylic acids is 1. The predicted octanol–water partition coefficient (Wildman–Crippen LogP) is -0.787. The van der Waals surface area contributed by atoms with E-state index in [1.54, 1.807) is 0 Å². The number of carbonyl (C=O) groups is 1. The lowest BCUT2D eigenvalue weighted by Crippen LogP contribution is -2.24. The third kappa shape index (κ3) is 5.49. The molecule has 0 aliphatic rings. The number of nitrogens with two attached hydrogens (primary N) is 1. The van der Waals surface area contributed by atoms with Gasteiger partial charge in [0.1, 0.15) is 0 Å². The highest BCUT2D eigenvalue weighted by Gasteiger charge is 1.85. The minimum Gasteiger partial charge on any atom is -0.366 e. The molecule has 0 aliphatic carbocycles. The van der Waals surface area contributed by atoms with E-state index in [0.717, 1.165) is 6.42 Å². The van der Waals surface area contributed by atoms with Crippen LogP contribution in [-0.2, 0) is 0 Å². The first-order chi connectivity index (χ1) is 3.77. The minimum absolute atomic E-state index is 0.488. The van der Waals surface area contributed by atoms with Crippen LogP contribution < -0.4 is 11.1 Å². The van der Waals surface area contributed by atoms with Gasteiger partial charge in [-0.3, -0.25) is 4.79 Å². The van der Waals surface area contributed by atoms with Crippen molar-refractivity contribution in [1.29, 1.82) is 0 Å². The summed E-state index contributed by atoms with van der Waals surface area (Å²) in [5.74, 6) is -0.488. The Labute approximate surface area is 50.0 Å². The number of amides is 1. The number of hydrogen-bond acceptors (Lipinski definition) is 2. The number of rotatable bonds is 3. The van der Waals surface area contributed by atoms with E-state index in [1.165, 1.54) is 0 Å². The van der Waals surface area contributed by atoms with Crippen LogP contribution in [0.15, 0.2) is 0 Å². The Hall–Kier alpha value is -0.505. The van der Waals surface area contributed by atoms with E-state index in [9.17, 15) is 4.79 Å². The second-order valence-corrected chi connectivity index (χ2v) is 1.43. The van der Waals surface area contributed by atoms with Crippen molar-refractivity contribution in [2.24, 2.45) is 5.73 Å². The molecule has 0 rings (SSSR count). The average Bonchev–Trinajstić information content (AvgIpc) is 1.66. The highest BCUT2D eigenvalue weighted by molar-refractivity contribution is 6.57. The normalized spacial score (nSPS) is 8.62. The van der Waals surface area contributed by atoms with Crippen LogP contribution >= 0.6 is 0 Å². The first kappa shape index (κ1) is 7.49. The van der Waals surface area contributed by atoms with Crippen LogP contribution in [0.5, 0.6) is 0 Å². The largest absolute Gasteiger partial charge is 0.366 e. The summed E-state index contributed by atoms with van der Waals surface area (Å²) in [6.07, 6.45) is 0.781. The van der Waals surface area contributed by atoms with E-state index >= 15 is 0 Å². The van der Waals surface area contributed by atoms with E-state index in [-0.39, 0.29) is 0 Å². The summed E-state index contributed by atoms with van der Waals surface area (Å²) >= 11 is 0. The van der Waals surface area contributed by atoms with Crippen LogP contribution in [0.2, 0.25) is 0 Å². The molecule has 0 atom stereocenters. The molecule has 0 saturated carbocycles. The molecule has 3 N–H and O–H groups in total. The third-order valence-corrected chi connectivity index (χ3v) is 0.680. The molecule has 0 unspecified atom stereocenters. The summed E-state index contributed by atoms with van der Waals surface area (Å²) in [7, 11) is 4.74. The molecule has 44 valence electrons. The molecule has 8 heavy (non-hydrogen) atoms. The van der Waals surface area contributed by atoms with Crippen LogP contribution in [0.1, 0.15) is 6.42 Å². The Morgan fingerprint density at radius 2 is 2.38 bits per heavy atom. The molecule has 4 heteroatoms. The summed E-state index contributed by atoms with van der Waals surface area (Å²) in [4.78, 5) is 9.94. The second kappa shape index (κ2) is 4.65. The molecule has 0 aromatic carbocycles. The standard InChI is InChI=1S/C4H9BN2O/c5-4(8)7-3-1-2-6/h1-3,6H2,(H,7,8). The average molecular weight is 112 g/mol.